The second-order valence-corrected chi connectivity index (χ2v) is 6.97. The van der Waals surface area contributed by atoms with Crippen molar-refractivity contribution in [3.8, 4) is 6.07 Å². The SMILES string of the molecule is N#Cc1ccccc1[C@@H]1C[C@H](F)C2N=C(S(=O)(=O)C(F)F)NN21. The van der Waals surface area contributed by atoms with Crippen molar-refractivity contribution in [1.82, 2.24) is 10.4 Å². The highest BCUT2D eigenvalue weighted by Crippen LogP contribution is 2.40. The molecule has 3 rings (SSSR count). The van der Waals surface area contributed by atoms with Crippen LogP contribution in [0.2, 0.25) is 0 Å². The number of fused-ring (bicyclic) bond motifs is 1. The average molecular weight is 344 g/mol. The molecule has 1 aromatic rings. The summed E-state index contributed by atoms with van der Waals surface area (Å²) in [5.74, 6) is -3.64. The molecule has 1 saturated heterocycles. The van der Waals surface area contributed by atoms with Crippen LogP contribution in [-0.4, -0.2) is 36.7 Å². The maximum Gasteiger partial charge on any atom is 0.344 e. The molecule has 0 aromatic heterocycles. The fraction of sp³-hybridized carbons (Fsp3) is 0.385. The maximum absolute atomic E-state index is 14.2. The minimum Gasteiger partial charge on any atom is -0.291 e. The van der Waals surface area contributed by atoms with E-state index in [1.807, 2.05) is 6.07 Å². The highest BCUT2D eigenvalue weighted by atomic mass is 32.2. The Morgan fingerprint density at radius 3 is 2.74 bits per heavy atom. The first kappa shape index (κ1) is 15.8. The summed E-state index contributed by atoms with van der Waals surface area (Å²) in [6, 6.07) is 7.75. The van der Waals surface area contributed by atoms with Gasteiger partial charge in [-0.15, -0.1) is 0 Å². The number of sulfone groups is 1. The topological polar surface area (TPSA) is 85.6 Å². The van der Waals surface area contributed by atoms with E-state index in [0.717, 1.165) is 0 Å². The van der Waals surface area contributed by atoms with Crippen LogP contribution in [0.5, 0.6) is 0 Å². The first-order valence-corrected chi connectivity index (χ1v) is 8.19. The lowest BCUT2D eigenvalue weighted by Crippen LogP contribution is -2.43. The van der Waals surface area contributed by atoms with Gasteiger partial charge < -0.3 is 0 Å². The van der Waals surface area contributed by atoms with Gasteiger partial charge in [-0.05, 0) is 11.6 Å². The molecule has 1 unspecified atom stereocenters. The Hall–Kier alpha value is -2.12. The molecule has 0 amide bonds. The molecule has 0 radical (unpaired) electrons. The Balaban J connectivity index is 1.95. The number of hydrogen-bond donors (Lipinski definition) is 1. The van der Waals surface area contributed by atoms with Gasteiger partial charge in [0, 0.05) is 6.42 Å². The zero-order chi connectivity index (χ0) is 16.8. The van der Waals surface area contributed by atoms with Gasteiger partial charge in [-0.3, -0.25) is 5.43 Å². The van der Waals surface area contributed by atoms with E-state index in [9.17, 15) is 21.6 Å². The number of nitrogens with zero attached hydrogens (tertiary/aromatic N) is 3. The summed E-state index contributed by atoms with van der Waals surface area (Å²) in [5, 5.41) is 9.36. The molecule has 1 fully saturated rings. The van der Waals surface area contributed by atoms with E-state index in [1.165, 1.54) is 5.01 Å². The Kier molecular flexibility index (Phi) is 3.77. The number of nitriles is 1. The molecular formula is C13H11F3N4O2S. The summed E-state index contributed by atoms with van der Waals surface area (Å²) < 4.78 is 62.4. The lowest BCUT2D eigenvalue weighted by molar-refractivity contribution is 0.160. The van der Waals surface area contributed by atoms with Gasteiger partial charge in [-0.2, -0.15) is 19.1 Å². The summed E-state index contributed by atoms with van der Waals surface area (Å²) >= 11 is 0. The van der Waals surface area contributed by atoms with Crippen molar-refractivity contribution < 1.29 is 21.6 Å². The van der Waals surface area contributed by atoms with Crippen LogP contribution in [0.15, 0.2) is 29.3 Å². The van der Waals surface area contributed by atoms with E-state index in [0.29, 0.717) is 11.1 Å². The molecule has 2 aliphatic rings. The van der Waals surface area contributed by atoms with Crippen molar-refractivity contribution in [2.24, 2.45) is 4.99 Å². The van der Waals surface area contributed by atoms with Crippen LogP contribution in [0, 0.1) is 11.3 Å². The number of rotatable bonds is 2. The highest BCUT2D eigenvalue weighted by Gasteiger charge is 2.50. The van der Waals surface area contributed by atoms with Crippen LogP contribution in [0.1, 0.15) is 23.6 Å². The van der Waals surface area contributed by atoms with Crippen LogP contribution < -0.4 is 5.43 Å². The van der Waals surface area contributed by atoms with Gasteiger partial charge in [-0.1, -0.05) is 18.2 Å². The summed E-state index contributed by atoms with van der Waals surface area (Å²) in [7, 11) is -4.93. The van der Waals surface area contributed by atoms with Crippen LogP contribution in [0.25, 0.3) is 0 Å². The molecule has 0 spiro atoms. The number of hydrazine groups is 1. The van der Waals surface area contributed by atoms with Gasteiger partial charge in [-0.25, -0.2) is 17.8 Å². The van der Waals surface area contributed by atoms with Gasteiger partial charge in [0.2, 0.25) is 5.17 Å². The lowest BCUT2D eigenvalue weighted by atomic mass is 9.99. The zero-order valence-electron chi connectivity index (χ0n) is 11.5. The van der Waals surface area contributed by atoms with Crippen molar-refractivity contribution in [1.29, 1.82) is 5.26 Å². The van der Waals surface area contributed by atoms with Crippen LogP contribution in [0.4, 0.5) is 13.2 Å². The summed E-state index contributed by atoms with van der Waals surface area (Å²) in [6.07, 6.45) is -2.78. The molecule has 0 saturated carbocycles. The minimum absolute atomic E-state index is 0.0259. The van der Waals surface area contributed by atoms with Gasteiger partial charge in [0.1, 0.15) is 6.17 Å². The minimum atomic E-state index is -4.93. The number of halogens is 3. The zero-order valence-corrected chi connectivity index (χ0v) is 12.3. The average Bonchev–Trinajstić information content (AvgIpc) is 3.08. The van der Waals surface area contributed by atoms with Gasteiger partial charge in [0.05, 0.1) is 17.7 Å². The maximum atomic E-state index is 14.2. The molecule has 2 aliphatic heterocycles. The molecule has 3 atom stereocenters. The van der Waals surface area contributed by atoms with Crippen molar-refractivity contribution in [3.05, 3.63) is 35.4 Å². The van der Waals surface area contributed by atoms with Gasteiger partial charge in [0.25, 0.3) is 9.84 Å². The smallest absolute Gasteiger partial charge is 0.291 e. The van der Waals surface area contributed by atoms with E-state index in [2.05, 4.69) is 10.4 Å². The Bertz CT molecular complexity index is 806. The molecule has 23 heavy (non-hydrogen) atoms. The van der Waals surface area contributed by atoms with Gasteiger partial charge >= 0.3 is 5.76 Å². The molecular weight excluding hydrogens is 333 g/mol. The van der Waals surface area contributed by atoms with Crippen molar-refractivity contribution in [2.45, 2.75) is 30.6 Å². The number of alkyl halides is 3. The third kappa shape index (κ3) is 2.46. The molecule has 1 N–H and O–H groups in total. The largest absolute Gasteiger partial charge is 0.344 e. The molecule has 10 heteroatoms. The van der Waals surface area contributed by atoms with Crippen LogP contribution in [-0.2, 0) is 9.84 Å². The van der Waals surface area contributed by atoms with Crippen molar-refractivity contribution in [3.63, 3.8) is 0 Å². The molecule has 2 heterocycles. The third-order valence-electron chi connectivity index (χ3n) is 3.81. The van der Waals surface area contributed by atoms with E-state index < -0.39 is 39.1 Å². The molecule has 122 valence electrons. The highest BCUT2D eigenvalue weighted by molar-refractivity contribution is 8.06. The van der Waals surface area contributed by atoms with Crippen LogP contribution in [0.3, 0.4) is 0 Å². The molecule has 0 bridgehead atoms. The monoisotopic (exact) mass is 344 g/mol. The lowest BCUT2D eigenvalue weighted by Gasteiger charge is -2.24. The normalized spacial score (nSPS) is 27.4. The standard InChI is InChI=1S/C13H11F3N4O2S/c14-9-5-10(8-4-2-1-3-7(8)6-17)20-11(9)18-13(19-20)23(21,22)12(15)16/h1-4,9-12H,5H2,(H,18,19)/t9-,10-,11?/m0/s1. The van der Waals surface area contributed by atoms with E-state index in [4.69, 9.17) is 5.26 Å². The summed E-state index contributed by atoms with van der Waals surface area (Å²) in [6.45, 7) is 0. The predicted molar refractivity (Wildman–Crippen MR) is 74.5 cm³/mol. The number of nitrogens with one attached hydrogen (secondary N) is 1. The first-order chi connectivity index (χ1) is 10.9. The first-order valence-electron chi connectivity index (χ1n) is 6.64. The van der Waals surface area contributed by atoms with E-state index in [-0.39, 0.29) is 6.42 Å². The van der Waals surface area contributed by atoms with E-state index in [1.54, 1.807) is 24.3 Å². The van der Waals surface area contributed by atoms with Crippen molar-refractivity contribution in [2.75, 3.05) is 0 Å². The van der Waals surface area contributed by atoms with E-state index >= 15 is 0 Å². The predicted octanol–water partition coefficient (Wildman–Crippen LogP) is 1.48. The Morgan fingerprint density at radius 1 is 1.39 bits per heavy atom. The fourth-order valence-corrected chi connectivity index (χ4v) is 3.40. The number of amidine groups is 1. The third-order valence-corrected chi connectivity index (χ3v) is 5.02. The van der Waals surface area contributed by atoms with Crippen LogP contribution >= 0.6 is 0 Å². The molecule has 1 aromatic carbocycles. The number of benzene rings is 1. The quantitative estimate of drug-likeness (QED) is 0.878. The Morgan fingerprint density at radius 2 is 2.09 bits per heavy atom. The summed E-state index contributed by atoms with van der Waals surface area (Å²) in [4.78, 5) is 3.56. The summed E-state index contributed by atoms with van der Waals surface area (Å²) in [5.41, 5.74) is 3.06. The second-order valence-electron chi connectivity index (χ2n) is 5.14. The van der Waals surface area contributed by atoms with Crippen molar-refractivity contribution >= 4 is 15.0 Å². The number of aliphatic imine (C=N–C) groups is 1. The van der Waals surface area contributed by atoms with Gasteiger partial charge in [0.15, 0.2) is 6.17 Å². The number of hydrogen-bond acceptors (Lipinski definition) is 6. The fourth-order valence-electron chi connectivity index (χ4n) is 2.74. The second kappa shape index (κ2) is 5.50. The molecule has 0 aliphatic carbocycles. The molecule has 6 nitrogen and oxygen atoms in total. The Labute approximate surface area is 130 Å².